The van der Waals surface area contributed by atoms with Crippen molar-refractivity contribution >= 4 is 11.9 Å². The lowest BCUT2D eigenvalue weighted by Crippen LogP contribution is -2.47. The molecule has 1 spiro atoms. The standard InChI is InChI=1S/C22H34N2O3.C2HF3O2/c1-18-4-6-19(7-5-18)14-21(25)24-10-8-22(9-11-24)17-23(12-13-26-2)15-20(22)16-27-3;3-2(4,5)1(6)7/h4-7,20H,8-17H2,1-3H3;(H,6,7). The number of methoxy groups -OCH3 is 2. The van der Waals surface area contributed by atoms with E-state index in [1.54, 1.807) is 14.2 Å². The fourth-order valence-electron chi connectivity index (χ4n) is 4.73. The van der Waals surface area contributed by atoms with Gasteiger partial charge in [-0.2, -0.15) is 13.2 Å². The van der Waals surface area contributed by atoms with E-state index in [0.29, 0.717) is 12.3 Å². The zero-order valence-electron chi connectivity index (χ0n) is 20.1. The molecule has 2 aliphatic rings. The molecule has 0 aromatic heterocycles. The second-order valence-electron chi connectivity index (χ2n) is 9.09. The highest BCUT2D eigenvalue weighted by Gasteiger charge is 2.48. The number of carboxylic acids is 1. The Morgan fingerprint density at radius 3 is 2.21 bits per heavy atom. The average Bonchev–Trinajstić information content (AvgIpc) is 3.11. The Kier molecular flexibility index (Phi) is 10.3. The molecule has 1 aromatic rings. The van der Waals surface area contributed by atoms with E-state index < -0.39 is 12.1 Å². The summed E-state index contributed by atoms with van der Waals surface area (Å²) in [6.07, 6.45) is -2.43. The zero-order valence-corrected chi connectivity index (χ0v) is 20.1. The Morgan fingerprint density at radius 2 is 1.71 bits per heavy atom. The maximum absolute atomic E-state index is 12.7. The Balaban J connectivity index is 0.000000509. The van der Waals surface area contributed by atoms with Gasteiger partial charge < -0.3 is 24.4 Å². The third kappa shape index (κ3) is 7.95. The van der Waals surface area contributed by atoms with E-state index in [9.17, 15) is 18.0 Å². The van der Waals surface area contributed by atoms with Crippen molar-refractivity contribution in [3.63, 3.8) is 0 Å². The van der Waals surface area contributed by atoms with Gasteiger partial charge in [0.25, 0.3) is 0 Å². The Hall–Kier alpha value is -2.17. The molecule has 10 heteroatoms. The van der Waals surface area contributed by atoms with Gasteiger partial charge in [0.1, 0.15) is 0 Å². The fraction of sp³-hybridized carbons (Fsp3) is 0.667. The van der Waals surface area contributed by atoms with E-state index in [-0.39, 0.29) is 11.3 Å². The third-order valence-electron chi connectivity index (χ3n) is 6.69. The van der Waals surface area contributed by atoms with E-state index in [0.717, 1.165) is 64.3 Å². The summed E-state index contributed by atoms with van der Waals surface area (Å²) in [6.45, 7) is 8.54. The Morgan fingerprint density at radius 1 is 1.12 bits per heavy atom. The number of piperidine rings is 1. The summed E-state index contributed by atoms with van der Waals surface area (Å²) in [5, 5.41) is 7.12. The minimum atomic E-state index is -5.08. The van der Waals surface area contributed by atoms with Crippen LogP contribution in [0.3, 0.4) is 0 Å². The quantitative estimate of drug-likeness (QED) is 0.636. The Bertz CT molecular complexity index is 793. The number of nitrogens with zero attached hydrogens (tertiary/aromatic N) is 2. The van der Waals surface area contributed by atoms with E-state index in [1.165, 1.54) is 5.56 Å². The van der Waals surface area contributed by atoms with Crippen LogP contribution in [-0.2, 0) is 25.5 Å². The molecule has 192 valence electrons. The SMILES string of the molecule is COCCN1CC(COC)C2(CCN(C(=O)Cc3ccc(C)cc3)CC2)C1.O=C(O)C(F)(F)F. The lowest BCUT2D eigenvalue weighted by molar-refractivity contribution is -0.192. The summed E-state index contributed by atoms with van der Waals surface area (Å²) in [5.74, 6) is -1.95. The summed E-state index contributed by atoms with van der Waals surface area (Å²) >= 11 is 0. The smallest absolute Gasteiger partial charge is 0.475 e. The van der Waals surface area contributed by atoms with Crippen LogP contribution < -0.4 is 0 Å². The van der Waals surface area contributed by atoms with Gasteiger partial charge in [0.15, 0.2) is 0 Å². The van der Waals surface area contributed by atoms with Gasteiger partial charge in [-0.15, -0.1) is 0 Å². The number of hydrogen-bond donors (Lipinski definition) is 1. The van der Waals surface area contributed by atoms with Gasteiger partial charge in [-0.25, -0.2) is 4.79 Å². The summed E-state index contributed by atoms with van der Waals surface area (Å²) in [5.41, 5.74) is 2.62. The van der Waals surface area contributed by atoms with Crippen LogP contribution in [0.25, 0.3) is 0 Å². The molecule has 34 heavy (non-hydrogen) atoms. The van der Waals surface area contributed by atoms with Gasteiger partial charge in [0.2, 0.25) is 5.91 Å². The first-order chi connectivity index (χ1) is 16.0. The number of ether oxygens (including phenoxy) is 2. The van der Waals surface area contributed by atoms with Crippen molar-refractivity contribution in [3.05, 3.63) is 35.4 Å². The molecule has 2 aliphatic heterocycles. The van der Waals surface area contributed by atoms with Crippen LogP contribution in [0.2, 0.25) is 0 Å². The molecule has 3 rings (SSSR count). The van der Waals surface area contributed by atoms with E-state index in [4.69, 9.17) is 19.4 Å². The highest BCUT2D eigenvalue weighted by Crippen LogP contribution is 2.44. The maximum atomic E-state index is 12.7. The van der Waals surface area contributed by atoms with Crippen LogP contribution in [-0.4, -0.2) is 93.1 Å². The number of likely N-dealkylation sites (tertiary alicyclic amines) is 2. The topological polar surface area (TPSA) is 79.3 Å². The number of rotatable bonds is 7. The molecule has 0 saturated carbocycles. The van der Waals surface area contributed by atoms with Gasteiger partial charge in [-0.3, -0.25) is 4.79 Å². The van der Waals surface area contributed by atoms with Gasteiger partial charge in [0.05, 0.1) is 19.6 Å². The molecule has 1 N–H and O–H groups in total. The average molecular weight is 489 g/mol. The van der Waals surface area contributed by atoms with Crippen molar-refractivity contribution in [2.45, 2.75) is 32.4 Å². The second-order valence-corrected chi connectivity index (χ2v) is 9.09. The van der Waals surface area contributed by atoms with Crippen molar-refractivity contribution in [2.24, 2.45) is 11.3 Å². The van der Waals surface area contributed by atoms with Crippen LogP contribution in [0, 0.1) is 18.3 Å². The van der Waals surface area contributed by atoms with Crippen molar-refractivity contribution in [1.82, 2.24) is 9.80 Å². The number of benzene rings is 1. The molecule has 2 saturated heterocycles. The largest absolute Gasteiger partial charge is 0.490 e. The lowest BCUT2D eigenvalue weighted by Gasteiger charge is -2.42. The number of aryl methyl sites for hydroxylation is 1. The van der Waals surface area contributed by atoms with E-state index >= 15 is 0 Å². The summed E-state index contributed by atoms with van der Waals surface area (Å²) in [7, 11) is 3.56. The number of carboxylic acid groups (broad SMARTS) is 1. The molecule has 2 heterocycles. The number of aliphatic carboxylic acids is 1. The number of amides is 1. The van der Waals surface area contributed by atoms with Crippen molar-refractivity contribution < 1.29 is 37.3 Å². The summed E-state index contributed by atoms with van der Waals surface area (Å²) < 4.78 is 42.5. The molecule has 2 fully saturated rings. The minimum absolute atomic E-state index is 0.256. The number of carbonyl (C=O) groups is 2. The van der Waals surface area contributed by atoms with Crippen LogP contribution in [0.4, 0.5) is 13.2 Å². The molecular formula is C24H35F3N2O5. The lowest BCUT2D eigenvalue weighted by atomic mass is 9.71. The minimum Gasteiger partial charge on any atom is -0.475 e. The zero-order chi connectivity index (χ0) is 25.4. The molecule has 0 aliphatic carbocycles. The number of halogens is 3. The van der Waals surface area contributed by atoms with E-state index in [1.807, 2.05) is 0 Å². The number of hydrogen-bond acceptors (Lipinski definition) is 5. The molecule has 7 nitrogen and oxygen atoms in total. The molecular weight excluding hydrogens is 453 g/mol. The maximum Gasteiger partial charge on any atom is 0.490 e. The first kappa shape index (κ1) is 28.1. The predicted molar refractivity (Wildman–Crippen MR) is 121 cm³/mol. The monoisotopic (exact) mass is 488 g/mol. The van der Waals surface area contributed by atoms with Crippen molar-refractivity contribution in [1.29, 1.82) is 0 Å². The molecule has 1 amide bonds. The van der Waals surface area contributed by atoms with Gasteiger partial charge in [-0.1, -0.05) is 29.8 Å². The van der Waals surface area contributed by atoms with Crippen LogP contribution in [0.1, 0.15) is 24.0 Å². The molecule has 1 atom stereocenters. The van der Waals surface area contributed by atoms with E-state index in [2.05, 4.69) is 41.0 Å². The summed E-state index contributed by atoms with van der Waals surface area (Å²) in [6, 6.07) is 8.29. The van der Waals surface area contributed by atoms with Crippen LogP contribution in [0.5, 0.6) is 0 Å². The molecule has 0 bridgehead atoms. The molecule has 1 unspecified atom stereocenters. The number of alkyl halides is 3. The highest BCUT2D eigenvalue weighted by atomic mass is 19.4. The van der Waals surface area contributed by atoms with Crippen LogP contribution in [0.15, 0.2) is 24.3 Å². The number of carbonyl (C=O) groups excluding carboxylic acids is 1. The third-order valence-corrected chi connectivity index (χ3v) is 6.69. The summed E-state index contributed by atoms with van der Waals surface area (Å²) in [4.78, 5) is 26.2. The predicted octanol–water partition coefficient (Wildman–Crippen LogP) is 3.00. The van der Waals surface area contributed by atoms with Gasteiger partial charge in [-0.05, 0) is 30.7 Å². The normalized spacial score (nSPS) is 20.2. The first-order valence-electron chi connectivity index (χ1n) is 11.3. The van der Waals surface area contributed by atoms with Crippen molar-refractivity contribution in [2.75, 3.05) is 60.2 Å². The highest BCUT2D eigenvalue weighted by molar-refractivity contribution is 5.78. The first-order valence-corrected chi connectivity index (χ1v) is 11.3. The second kappa shape index (κ2) is 12.5. The van der Waals surface area contributed by atoms with Gasteiger partial charge >= 0.3 is 12.1 Å². The van der Waals surface area contributed by atoms with Gasteiger partial charge in [0, 0.05) is 52.9 Å². The Labute approximate surface area is 198 Å². The molecule has 0 radical (unpaired) electrons. The fourth-order valence-corrected chi connectivity index (χ4v) is 4.73. The molecule has 1 aromatic carbocycles. The van der Waals surface area contributed by atoms with Crippen molar-refractivity contribution in [3.8, 4) is 0 Å². The van der Waals surface area contributed by atoms with Crippen LogP contribution >= 0.6 is 0 Å².